The van der Waals surface area contributed by atoms with Gasteiger partial charge in [-0.05, 0) is 25.2 Å². The van der Waals surface area contributed by atoms with Gasteiger partial charge in [0.1, 0.15) is 18.1 Å². The molecule has 0 aliphatic rings. The first-order chi connectivity index (χ1) is 16.1. The Hall–Kier alpha value is -3.75. The van der Waals surface area contributed by atoms with E-state index in [0.717, 1.165) is 0 Å². The number of carbonyl (C=O) groups excluding carboxylic acids is 4. The minimum absolute atomic E-state index is 0.0812. The van der Waals surface area contributed by atoms with E-state index in [4.69, 9.17) is 21.7 Å². The molecule has 0 rings (SSSR count). The highest BCUT2D eigenvalue weighted by Crippen LogP contribution is 2.08. The summed E-state index contributed by atoms with van der Waals surface area (Å²) in [6, 6.07) is -5.68. The van der Waals surface area contributed by atoms with Crippen LogP contribution in [0.1, 0.15) is 52.4 Å². The number of aliphatic carboxylic acids is 3. The Labute approximate surface area is 201 Å². The van der Waals surface area contributed by atoms with E-state index in [2.05, 4.69) is 16.0 Å². The molecule has 0 saturated carbocycles. The van der Waals surface area contributed by atoms with Crippen LogP contribution in [-0.4, -0.2) is 81.0 Å². The topological polar surface area (TPSA) is 268 Å². The number of hydrogen-bond acceptors (Lipinski definition) is 8. The second-order valence-electron chi connectivity index (χ2n) is 8.29. The van der Waals surface area contributed by atoms with E-state index in [0.29, 0.717) is 0 Å². The molecule has 4 amide bonds. The first-order valence-corrected chi connectivity index (χ1v) is 10.7. The molecule has 0 radical (unpaired) electrons. The van der Waals surface area contributed by atoms with Crippen LogP contribution in [0.25, 0.3) is 0 Å². The lowest BCUT2D eigenvalue weighted by Crippen LogP contribution is -2.57. The van der Waals surface area contributed by atoms with Crippen molar-refractivity contribution in [2.24, 2.45) is 17.4 Å². The predicted molar refractivity (Wildman–Crippen MR) is 118 cm³/mol. The molecule has 0 aromatic rings. The van der Waals surface area contributed by atoms with Crippen LogP contribution < -0.4 is 27.4 Å². The van der Waals surface area contributed by atoms with Crippen molar-refractivity contribution in [2.75, 3.05) is 0 Å². The summed E-state index contributed by atoms with van der Waals surface area (Å²) >= 11 is 0. The number of rotatable bonds is 17. The lowest BCUT2D eigenvalue weighted by atomic mass is 10.0. The van der Waals surface area contributed by atoms with E-state index >= 15 is 0 Å². The van der Waals surface area contributed by atoms with E-state index in [1.54, 1.807) is 13.8 Å². The van der Waals surface area contributed by atoms with Crippen LogP contribution in [0.15, 0.2) is 0 Å². The van der Waals surface area contributed by atoms with Crippen molar-refractivity contribution in [3.8, 4) is 0 Å². The summed E-state index contributed by atoms with van der Waals surface area (Å²) < 4.78 is 0. The summed E-state index contributed by atoms with van der Waals surface area (Å²) in [5.74, 6) is -7.82. The molecule has 35 heavy (non-hydrogen) atoms. The van der Waals surface area contributed by atoms with Gasteiger partial charge < -0.3 is 42.7 Å². The quantitative estimate of drug-likeness (QED) is 0.103. The van der Waals surface area contributed by atoms with E-state index in [9.17, 15) is 38.7 Å². The molecule has 15 heteroatoms. The molecular formula is C20H33N5O10. The van der Waals surface area contributed by atoms with Gasteiger partial charge in [-0.25, -0.2) is 4.79 Å². The fourth-order valence-corrected chi connectivity index (χ4v) is 2.89. The molecule has 0 bridgehead atoms. The molecule has 198 valence electrons. The number of nitrogens with one attached hydrogen (secondary N) is 3. The summed E-state index contributed by atoms with van der Waals surface area (Å²) in [6.45, 7) is 3.47. The molecule has 10 N–H and O–H groups in total. The van der Waals surface area contributed by atoms with Crippen molar-refractivity contribution in [3.05, 3.63) is 0 Å². The molecule has 0 heterocycles. The van der Waals surface area contributed by atoms with Gasteiger partial charge in [0, 0.05) is 12.8 Å². The van der Waals surface area contributed by atoms with Crippen molar-refractivity contribution in [1.29, 1.82) is 0 Å². The summed E-state index contributed by atoms with van der Waals surface area (Å²) in [5.41, 5.74) is 10.6. The molecule has 4 atom stereocenters. The van der Waals surface area contributed by atoms with Gasteiger partial charge >= 0.3 is 17.9 Å². The Balaban J connectivity index is 5.60. The van der Waals surface area contributed by atoms with Crippen molar-refractivity contribution in [2.45, 2.75) is 76.5 Å². The van der Waals surface area contributed by atoms with Crippen LogP contribution in [0.2, 0.25) is 0 Å². The van der Waals surface area contributed by atoms with Crippen LogP contribution in [0.3, 0.4) is 0 Å². The maximum Gasteiger partial charge on any atom is 0.326 e. The van der Waals surface area contributed by atoms with Crippen molar-refractivity contribution < 1.29 is 48.9 Å². The molecule has 0 aliphatic carbocycles. The normalized spacial score (nSPS) is 14.2. The van der Waals surface area contributed by atoms with Crippen molar-refractivity contribution in [1.82, 2.24) is 16.0 Å². The number of carboxylic acids is 3. The van der Waals surface area contributed by atoms with Gasteiger partial charge in [-0.15, -0.1) is 0 Å². The molecule has 0 fully saturated rings. The number of carbonyl (C=O) groups is 7. The van der Waals surface area contributed by atoms with Gasteiger partial charge in [-0.3, -0.25) is 28.8 Å². The minimum atomic E-state index is -1.58. The van der Waals surface area contributed by atoms with Gasteiger partial charge in [0.2, 0.25) is 23.6 Å². The highest BCUT2D eigenvalue weighted by molar-refractivity contribution is 5.95. The number of nitrogens with two attached hydrogens (primary N) is 2. The average molecular weight is 504 g/mol. The Morgan fingerprint density at radius 2 is 1.20 bits per heavy atom. The molecule has 15 nitrogen and oxygen atoms in total. The standard InChI is InChI=1S/C20H33N5O10/c1-9(2)7-13(25-17(31)10(21)8-16(29)30)19(33)23-11(3-5-14(22)26)18(32)24-12(20(34)35)4-6-15(27)28/h9-13H,3-8,21H2,1-2H3,(H2,22,26)(H,23,33)(H,24,32)(H,25,31)(H,27,28)(H,29,30)(H,34,35). The minimum Gasteiger partial charge on any atom is -0.481 e. The first kappa shape index (κ1) is 31.2. The SMILES string of the molecule is CC(C)CC(NC(=O)C(N)CC(=O)O)C(=O)NC(CCC(N)=O)C(=O)NC(CCC(=O)O)C(=O)O. The third-order valence-corrected chi connectivity index (χ3v) is 4.65. The number of hydrogen-bond donors (Lipinski definition) is 8. The average Bonchev–Trinajstić information content (AvgIpc) is 2.71. The second kappa shape index (κ2) is 15.2. The zero-order valence-electron chi connectivity index (χ0n) is 19.5. The molecule has 4 unspecified atom stereocenters. The van der Waals surface area contributed by atoms with Crippen LogP contribution in [-0.2, 0) is 33.6 Å². The van der Waals surface area contributed by atoms with E-state index < -0.39 is 85.0 Å². The maximum atomic E-state index is 12.9. The molecule has 0 aromatic carbocycles. The number of primary amides is 1. The van der Waals surface area contributed by atoms with Gasteiger partial charge in [0.25, 0.3) is 0 Å². The summed E-state index contributed by atoms with van der Waals surface area (Å²) in [5, 5.41) is 33.6. The Kier molecular flexibility index (Phi) is 13.6. The summed E-state index contributed by atoms with van der Waals surface area (Å²) in [7, 11) is 0. The first-order valence-electron chi connectivity index (χ1n) is 10.7. The predicted octanol–water partition coefficient (Wildman–Crippen LogP) is -2.50. The van der Waals surface area contributed by atoms with Gasteiger partial charge in [-0.1, -0.05) is 13.8 Å². The van der Waals surface area contributed by atoms with E-state index in [1.807, 2.05) is 0 Å². The fraction of sp³-hybridized carbons (Fsp3) is 0.650. The Morgan fingerprint density at radius 1 is 0.714 bits per heavy atom. The monoisotopic (exact) mass is 503 g/mol. The molecule has 0 aliphatic heterocycles. The van der Waals surface area contributed by atoms with Crippen molar-refractivity contribution >= 4 is 41.5 Å². The van der Waals surface area contributed by atoms with Crippen molar-refractivity contribution in [3.63, 3.8) is 0 Å². The van der Waals surface area contributed by atoms with Crippen LogP contribution in [0, 0.1) is 5.92 Å². The zero-order chi connectivity index (χ0) is 27.3. The molecule has 0 aromatic heterocycles. The zero-order valence-corrected chi connectivity index (χ0v) is 19.5. The second-order valence-corrected chi connectivity index (χ2v) is 8.29. The number of amides is 4. The van der Waals surface area contributed by atoms with Gasteiger partial charge in [-0.2, -0.15) is 0 Å². The Bertz CT molecular complexity index is 816. The molecule has 0 spiro atoms. The largest absolute Gasteiger partial charge is 0.481 e. The van der Waals surface area contributed by atoms with Crippen LogP contribution in [0.5, 0.6) is 0 Å². The maximum absolute atomic E-state index is 12.9. The number of carboxylic acid groups (broad SMARTS) is 3. The van der Waals surface area contributed by atoms with Crippen LogP contribution >= 0.6 is 0 Å². The van der Waals surface area contributed by atoms with E-state index in [-0.39, 0.29) is 25.2 Å². The van der Waals surface area contributed by atoms with E-state index in [1.165, 1.54) is 0 Å². The molecular weight excluding hydrogens is 470 g/mol. The molecule has 0 saturated heterocycles. The smallest absolute Gasteiger partial charge is 0.326 e. The highest BCUT2D eigenvalue weighted by Gasteiger charge is 2.31. The summed E-state index contributed by atoms with van der Waals surface area (Å²) in [4.78, 5) is 81.9. The third kappa shape index (κ3) is 13.5. The lowest BCUT2D eigenvalue weighted by molar-refractivity contribution is -0.143. The van der Waals surface area contributed by atoms with Gasteiger partial charge in [0.05, 0.1) is 12.5 Å². The highest BCUT2D eigenvalue weighted by atomic mass is 16.4. The summed E-state index contributed by atoms with van der Waals surface area (Å²) in [6.07, 6.45) is -2.24. The lowest BCUT2D eigenvalue weighted by Gasteiger charge is -2.25. The fourth-order valence-electron chi connectivity index (χ4n) is 2.89. The van der Waals surface area contributed by atoms with Crippen LogP contribution in [0.4, 0.5) is 0 Å². The third-order valence-electron chi connectivity index (χ3n) is 4.65. The van der Waals surface area contributed by atoms with Gasteiger partial charge in [0.15, 0.2) is 0 Å². The Morgan fingerprint density at radius 3 is 1.66 bits per heavy atom.